The molecule has 0 aliphatic carbocycles. The molecule has 0 spiro atoms. The molecule has 1 aliphatic heterocycles. The normalized spacial score (nSPS) is 25.0. The van der Waals surface area contributed by atoms with Crippen molar-refractivity contribution in [2.24, 2.45) is 5.92 Å². The number of carboxylic acids is 1. The van der Waals surface area contributed by atoms with Crippen LogP contribution in [-0.2, 0) is 6.54 Å². The molecule has 1 aliphatic rings. The van der Waals surface area contributed by atoms with Crippen LogP contribution >= 0.6 is 0 Å². The van der Waals surface area contributed by atoms with E-state index in [9.17, 15) is 9.90 Å². The molecule has 2 rings (SSSR count). The van der Waals surface area contributed by atoms with Crippen molar-refractivity contribution in [3.05, 3.63) is 35.4 Å². The van der Waals surface area contributed by atoms with Crippen LogP contribution in [0, 0.1) is 5.92 Å². The van der Waals surface area contributed by atoms with E-state index in [0.29, 0.717) is 24.6 Å². The fraction of sp³-hybridized carbons (Fsp3) is 0.500. The number of hydrogen-bond donors (Lipinski definition) is 2. The number of carbonyl (C=O) groups is 1. The van der Waals surface area contributed by atoms with E-state index in [1.54, 1.807) is 12.1 Å². The van der Waals surface area contributed by atoms with Crippen LogP contribution in [-0.4, -0.2) is 40.3 Å². The number of piperidine rings is 1. The van der Waals surface area contributed by atoms with Crippen molar-refractivity contribution in [2.75, 3.05) is 13.1 Å². The van der Waals surface area contributed by atoms with E-state index in [0.717, 1.165) is 18.5 Å². The Morgan fingerprint density at radius 1 is 1.44 bits per heavy atom. The minimum atomic E-state index is -0.892. The highest BCUT2D eigenvalue weighted by atomic mass is 16.4. The molecule has 2 unspecified atom stereocenters. The molecule has 1 heterocycles. The highest BCUT2D eigenvalue weighted by molar-refractivity contribution is 5.89. The van der Waals surface area contributed by atoms with Crippen LogP contribution in [0.15, 0.2) is 24.3 Å². The maximum atomic E-state index is 11.1. The smallest absolute Gasteiger partial charge is 0.336 e. The van der Waals surface area contributed by atoms with Gasteiger partial charge in [-0.05, 0) is 30.5 Å². The molecule has 1 aromatic rings. The van der Waals surface area contributed by atoms with Gasteiger partial charge >= 0.3 is 5.97 Å². The van der Waals surface area contributed by atoms with Gasteiger partial charge in [0.2, 0.25) is 0 Å². The molecule has 0 amide bonds. The van der Waals surface area contributed by atoms with Crippen LogP contribution in [0.5, 0.6) is 0 Å². The van der Waals surface area contributed by atoms with Gasteiger partial charge in [-0.1, -0.05) is 25.1 Å². The van der Waals surface area contributed by atoms with E-state index in [2.05, 4.69) is 4.90 Å². The van der Waals surface area contributed by atoms with Crippen molar-refractivity contribution in [1.82, 2.24) is 4.90 Å². The molecule has 1 aromatic carbocycles. The number of β-amino-alcohol motifs (C(OH)–C–C–N with tert-alkyl or cyclic N) is 1. The van der Waals surface area contributed by atoms with Crippen LogP contribution in [0.2, 0.25) is 0 Å². The van der Waals surface area contributed by atoms with Crippen molar-refractivity contribution in [2.45, 2.75) is 26.0 Å². The maximum Gasteiger partial charge on any atom is 0.336 e. The molecule has 1 saturated heterocycles. The molecular weight excluding hydrogens is 230 g/mol. The second-order valence-electron chi connectivity index (χ2n) is 5.03. The molecule has 2 N–H and O–H groups in total. The van der Waals surface area contributed by atoms with Gasteiger partial charge in [0, 0.05) is 13.1 Å². The second-order valence-corrected chi connectivity index (χ2v) is 5.03. The van der Waals surface area contributed by atoms with Crippen LogP contribution in [0.4, 0.5) is 0 Å². The Hall–Kier alpha value is -1.39. The fourth-order valence-corrected chi connectivity index (χ4v) is 2.37. The third-order valence-corrected chi connectivity index (χ3v) is 3.64. The van der Waals surface area contributed by atoms with Crippen LogP contribution < -0.4 is 0 Å². The fourth-order valence-electron chi connectivity index (χ4n) is 2.37. The number of aliphatic hydroxyl groups is 1. The van der Waals surface area contributed by atoms with Gasteiger partial charge in [0.05, 0.1) is 11.7 Å². The number of aliphatic hydroxyl groups excluding tert-OH is 1. The monoisotopic (exact) mass is 249 g/mol. The number of likely N-dealkylation sites (tertiary alicyclic amines) is 1. The maximum absolute atomic E-state index is 11.1. The van der Waals surface area contributed by atoms with E-state index in [1.807, 2.05) is 19.1 Å². The third kappa shape index (κ3) is 2.89. The van der Waals surface area contributed by atoms with E-state index >= 15 is 0 Å². The number of carboxylic acid groups (broad SMARTS) is 1. The Labute approximate surface area is 107 Å². The Kier molecular flexibility index (Phi) is 3.99. The lowest BCUT2D eigenvalue weighted by Crippen LogP contribution is -2.42. The summed E-state index contributed by atoms with van der Waals surface area (Å²) in [7, 11) is 0. The molecular formula is C14H19NO3. The van der Waals surface area contributed by atoms with Gasteiger partial charge in [-0.2, -0.15) is 0 Å². The van der Waals surface area contributed by atoms with E-state index in [1.165, 1.54) is 0 Å². The largest absolute Gasteiger partial charge is 0.478 e. The summed E-state index contributed by atoms with van der Waals surface area (Å²) in [5, 5.41) is 19.0. The number of nitrogens with zero attached hydrogens (tertiary/aromatic N) is 1. The van der Waals surface area contributed by atoms with Crippen molar-refractivity contribution in [3.8, 4) is 0 Å². The van der Waals surface area contributed by atoms with Gasteiger partial charge in [-0.3, -0.25) is 4.90 Å². The van der Waals surface area contributed by atoms with Gasteiger partial charge in [0.15, 0.2) is 0 Å². The van der Waals surface area contributed by atoms with Crippen molar-refractivity contribution >= 4 is 5.97 Å². The Morgan fingerprint density at radius 3 is 2.83 bits per heavy atom. The molecule has 2 atom stereocenters. The summed E-state index contributed by atoms with van der Waals surface area (Å²) in [5.74, 6) is -0.563. The van der Waals surface area contributed by atoms with Crippen molar-refractivity contribution < 1.29 is 15.0 Å². The summed E-state index contributed by atoms with van der Waals surface area (Å²) in [6.45, 7) is 4.17. The zero-order chi connectivity index (χ0) is 13.1. The average Bonchev–Trinajstić information content (AvgIpc) is 2.34. The topological polar surface area (TPSA) is 60.8 Å². The first kappa shape index (κ1) is 13.1. The molecule has 0 radical (unpaired) electrons. The van der Waals surface area contributed by atoms with Gasteiger partial charge in [-0.25, -0.2) is 4.79 Å². The molecule has 4 heteroatoms. The van der Waals surface area contributed by atoms with Crippen LogP contribution in [0.1, 0.15) is 29.3 Å². The zero-order valence-corrected chi connectivity index (χ0v) is 10.5. The average molecular weight is 249 g/mol. The second kappa shape index (κ2) is 5.50. The van der Waals surface area contributed by atoms with Gasteiger partial charge in [-0.15, -0.1) is 0 Å². The Morgan fingerprint density at radius 2 is 2.17 bits per heavy atom. The van der Waals surface area contributed by atoms with Crippen molar-refractivity contribution in [3.63, 3.8) is 0 Å². The number of aromatic carboxylic acids is 1. The summed E-state index contributed by atoms with van der Waals surface area (Å²) < 4.78 is 0. The summed E-state index contributed by atoms with van der Waals surface area (Å²) in [5.41, 5.74) is 1.16. The first-order valence-corrected chi connectivity index (χ1v) is 6.29. The first-order chi connectivity index (χ1) is 8.58. The minimum Gasteiger partial charge on any atom is -0.478 e. The predicted octanol–water partition coefficient (Wildman–Crippen LogP) is 1.59. The number of benzene rings is 1. The zero-order valence-electron chi connectivity index (χ0n) is 10.5. The highest BCUT2D eigenvalue weighted by Gasteiger charge is 2.24. The van der Waals surface area contributed by atoms with Crippen LogP contribution in [0.25, 0.3) is 0 Å². The van der Waals surface area contributed by atoms with Gasteiger partial charge < -0.3 is 10.2 Å². The lowest BCUT2D eigenvalue weighted by atomic mass is 9.95. The van der Waals surface area contributed by atoms with E-state index < -0.39 is 5.97 Å². The first-order valence-electron chi connectivity index (χ1n) is 6.29. The van der Waals surface area contributed by atoms with E-state index in [4.69, 9.17) is 5.11 Å². The summed E-state index contributed by atoms with van der Waals surface area (Å²) in [6.07, 6.45) is 0.645. The van der Waals surface area contributed by atoms with Gasteiger partial charge in [0.1, 0.15) is 0 Å². The molecule has 0 bridgehead atoms. The molecule has 1 fully saturated rings. The quantitative estimate of drug-likeness (QED) is 0.854. The summed E-state index contributed by atoms with van der Waals surface area (Å²) in [4.78, 5) is 13.2. The SMILES string of the molecule is CC1CCN(Cc2ccccc2C(=O)O)CC1O. The highest BCUT2D eigenvalue weighted by Crippen LogP contribution is 2.20. The Bertz CT molecular complexity index is 433. The molecule has 4 nitrogen and oxygen atoms in total. The molecule has 98 valence electrons. The molecule has 0 saturated carbocycles. The minimum absolute atomic E-state index is 0.309. The predicted molar refractivity (Wildman–Crippen MR) is 68.5 cm³/mol. The third-order valence-electron chi connectivity index (χ3n) is 3.64. The standard InChI is InChI=1S/C14H19NO3/c1-10-6-7-15(9-13(10)16)8-11-4-2-3-5-12(11)14(17)18/h2-5,10,13,16H,6-9H2,1H3,(H,17,18). The molecule has 18 heavy (non-hydrogen) atoms. The van der Waals surface area contributed by atoms with E-state index in [-0.39, 0.29) is 6.10 Å². The number of hydrogen-bond acceptors (Lipinski definition) is 3. The lowest BCUT2D eigenvalue weighted by molar-refractivity contribution is 0.0257. The summed E-state index contributed by atoms with van der Waals surface area (Å²) >= 11 is 0. The lowest BCUT2D eigenvalue weighted by Gasteiger charge is -2.34. The van der Waals surface area contributed by atoms with Crippen LogP contribution in [0.3, 0.4) is 0 Å². The molecule has 0 aromatic heterocycles. The Balaban J connectivity index is 2.08. The summed E-state index contributed by atoms with van der Waals surface area (Å²) in [6, 6.07) is 7.05. The van der Waals surface area contributed by atoms with Crippen molar-refractivity contribution in [1.29, 1.82) is 0 Å². The van der Waals surface area contributed by atoms with Gasteiger partial charge in [0.25, 0.3) is 0 Å². The number of rotatable bonds is 3.